The topological polar surface area (TPSA) is 156 Å². The van der Waals surface area contributed by atoms with E-state index in [1.807, 2.05) is 78.5 Å². The largest absolute Gasteiger partial charge is 0.395 e. The molecule has 1 heterocycles. The van der Waals surface area contributed by atoms with Gasteiger partial charge in [0, 0.05) is 69.6 Å². The van der Waals surface area contributed by atoms with Gasteiger partial charge in [0.05, 0.1) is 33.0 Å². The number of carbonyl (C=O) groups excluding carboxylic acids is 3. The molecule has 0 radical (unpaired) electrons. The van der Waals surface area contributed by atoms with Gasteiger partial charge in [0.25, 0.3) is 5.91 Å². The molecule has 312 valence electrons. The van der Waals surface area contributed by atoms with Crippen LogP contribution in [0.1, 0.15) is 62.5 Å². The van der Waals surface area contributed by atoms with E-state index in [0.29, 0.717) is 76.9 Å². The van der Waals surface area contributed by atoms with E-state index >= 15 is 0 Å². The molecule has 0 spiro atoms. The molecule has 0 aromatic heterocycles. The Hall–Kier alpha value is -4.27. The molecule has 1 aliphatic heterocycles. The number of rotatable bonds is 25. The fourth-order valence-electron chi connectivity index (χ4n) is 6.73. The first-order valence-electron chi connectivity index (χ1n) is 20.1. The molecule has 3 amide bonds. The monoisotopic (exact) mass is 808 g/mol. The molecule has 57 heavy (non-hydrogen) atoms. The maximum Gasteiger partial charge on any atom is 0.278 e. The van der Waals surface area contributed by atoms with Crippen LogP contribution in [0.25, 0.3) is 12.2 Å². The fraction of sp³-hybridized carbons (Fsp3) is 0.535. The summed E-state index contributed by atoms with van der Waals surface area (Å²) in [6.45, 7) is 3.15. The summed E-state index contributed by atoms with van der Waals surface area (Å²) >= 11 is 5.69. The summed E-state index contributed by atoms with van der Waals surface area (Å²) in [6, 6.07) is 15.3. The van der Waals surface area contributed by atoms with E-state index in [9.17, 15) is 24.6 Å². The Morgan fingerprint density at radius 1 is 0.842 bits per heavy atom. The molecule has 0 bridgehead atoms. The third kappa shape index (κ3) is 15.5. The number of aliphatic imine (C=N–C) groups is 1. The second-order valence-corrected chi connectivity index (χ2v) is 14.8. The Morgan fingerprint density at radius 2 is 1.47 bits per heavy atom. The lowest BCUT2D eigenvalue weighted by molar-refractivity contribution is -0.129. The van der Waals surface area contributed by atoms with Crippen LogP contribution in [0.5, 0.6) is 0 Å². The summed E-state index contributed by atoms with van der Waals surface area (Å²) in [5, 5.41) is 24.9. The molecular formula is C43H61ClN6O7. The molecule has 0 atom stereocenters. The third-order valence-electron chi connectivity index (χ3n) is 9.97. The number of nitrogens with one attached hydrogen (secondary N) is 2. The Morgan fingerprint density at radius 3 is 2.12 bits per heavy atom. The van der Waals surface area contributed by atoms with Crippen LogP contribution in [0.15, 0.2) is 65.3 Å². The van der Waals surface area contributed by atoms with Gasteiger partial charge in [-0.3, -0.25) is 19.3 Å². The molecule has 0 saturated heterocycles. The zero-order chi connectivity index (χ0) is 40.8. The zero-order valence-corrected chi connectivity index (χ0v) is 34.3. The zero-order valence-electron chi connectivity index (χ0n) is 33.5. The van der Waals surface area contributed by atoms with Crippen molar-refractivity contribution in [2.75, 3.05) is 95.6 Å². The van der Waals surface area contributed by atoms with Crippen LogP contribution in [-0.4, -0.2) is 131 Å². The number of hydrogen-bond donors (Lipinski definition) is 4. The van der Waals surface area contributed by atoms with E-state index < -0.39 is 0 Å². The predicted octanol–water partition coefficient (Wildman–Crippen LogP) is 4.46. The lowest BCUT2D eigenvalue weighted by Crippen LogP contribution is -2.46. The maximum absolute atomic E-state index is 13.7. The minimum atomic E-state index is -0.369. The first-order chi connectivity index (χ1) is 27.7. The highest BCUT2D eigenvalue weighted by Crippen LogP contribution is 2.25. The molecule has 14 heteroatoms. The number of amides is 3. The summed E-state index contributed by atoms with van der Waals surface area (Å²) in [4.78, 5) is 49.9. The van der Waals surface area contributed by atoms with Crippen LogP contribution in [0, 0.1) is 5.92 Å². The molecule has 2 aromatic rings. The number of anilines is 2. The van der Waals surface area contributed by atoms with Crippen molar-refractivity contribution in [1.82, 2.24) is 15.5 Å². The van der Waals surface area contributed by atoms with E-state index in [-0.39, 0.29) is 55.1 Å². The Kier molecular flexibility index (Phi) is 20.1. The molecule has 13 nitrogen and oxygen atoms in total. The van der Waals surface area contributed by atoms with E-state index in [1.54, 1.807) is 12.2 Å². The highest BCUT2D eigenvalue weighted by molar-refractivity contribution is 6.19. The summed E-state index contributed by atoms with van der Waals surface area (Å²) in [5.41, 5.74) is 3.78. The van der Waals surface area contributed by atoms with Crippen LogP contribution >= 0.6 is 11.6 Å². The molecule has 1 aliphatic carbocycles. The van der Waals surface area contributed by atoms with Gasteiger partial charge in [-0.15, -0.1) is 11.6 Å². The Balaban J connectivity index is 1.28. The number of nitrogens with zero attached hydrogens (tertiary/aromatic N) is 4. The Bertz CT molecular complexity index is 1620. The van der Waals surface area contributed by atoms with Gasteiger partial charge < -0.3 is 40.1 Å². The predicted molar refractivity (Wildman–Crippen MR) is 227 cm³/mol. The van der Waals surface area contributed by atoms with E-state index in [1.165, 1.54) is 4.90 Å². The van der Waals surface area contributed by atoms with Crippen molar-refractivity contribution in [3.8, 4) is 0 Å². The molecule has 1 fully saturated rings. The molecule has 1 saturated carbocycles. The minimum absolute atomic E-state index is 0.00447. The van der Waals surface area contributed by atoms with Crippen LogP contribution in [-0.2, 0) is 23.9 Å². The van der Waals surface area contributed by atoms with Crippen LogP contribution < -0.4 is 20.4 Å². The van der Waals surface area contributed by atoms with Gasteiger partial charge in [-0.25, -0.2) is 4.99 Å². The standard InChI is InChI=1S/C43H61ClN6O7/c1-48(2)37-16-9-34(10-17-37)31-39-43(55)50(40(47-39)20-11-33-7-18-38(19-8-33)49(23-25-51)24-26-52)32-41(53)46-36-14-12-35(13-15-36)42(54)45-22-28-57-30-29-56-27-6-4-3-5-21-44/h7-11,16-20,31,35-36,51-52H,3-6,12-15,21-30,32H2,1-2H3,(H,45,54)(H,46,53)/b20-11+,39-31-/t35-,36-. The van der Waals surface area contributed by atoms with Crippen molar-refractivity contribution < 1.29 is 34.1 Å². The molecule has 4 rings (SSSR count). The molecule has 0 unspecified atom stereocenters. The van der Waals surface area contributed by atoms with Gasteiger partial charge in [-0.1, -0.05) is 43.2 Å². The number of alkyl halides is 1. The normalized spacial score (nSPS) is 17.6. The first kappa shape index (κ1) is 45.4. The van der Waals surface area contributed by atoms with Crippen LogP contribution in [0.3, 0.4) is 0 Å². The van der Waals surface area contributed by atoms with Gasteiger partial charge in [0.2, 0.25) is 11.8 Å². The number of aliphatic hydroxyl groups is 2. The van der Waals surface area contributed by atoms with E-state index in [2.05, 4.69) is 15.6 Å². The summed E-state index contributed by atoms with van der Waals surface area (Å²) < 4.78 is 11.2. The van der Waals surface area contributed by atoms with E-state index in [4.69, 9.17) is 21.1 Å². The number of aliphatic hydroxyl groups excluding tert-OH is 2. The molecule has 4 N–H and O–H groups in total. The maximum atomic E-state index is 13.7. The number of unbranched alkanes of at least 4 members (excludes halogenated alkanes) is 3. The quantitative estimate of drug-likeness (QED) is 0.0647. The highest BCUT2D eigenvalue weighted by Gasteiger charge is 2.32. The highest BCUT2D eigenvalue weighted by atomic mass is 35.5. The first-order valence-corrected chi connectivity index (χ1v) is 20.7. The van der Waals surface area contributed by atoms with Crippen molar-refractivity contribution >= 4 is 58.7 Å². The van der Waals surface area contributed by atoms with Gasteiger partial charge in [0.15, 0.2) is 0 Å². The summed E-state index contributed by atoms with van der Waals surface area (Å²) in [5.74, 6) is 0.280. The van der Waals surface area contributed by atoms with Crippen molar-refractivity contribution in [1.29, 1.82) is 0 Å². The molecular weight excluding hydrogens is 748 g/mol. The Labute approximate surface area is 342 Å². The number of amidine groups is 1. The molecule has 2 aliphatic rings. The number of benzene rings is 2. The van der Waals surface area contributed by atoms with Crippen molar-refractivity contribution in [3.63, 3.8) is 0 Å². The van der Waals surface area contributed by atoms with Crippen LogP contribution in [0.2, 0.25) is 0 Å². The van der Waals surface area contributed by atoms with Crippen molar-refractivity contribution in [3.05, 3.63) is 71.4 Å². The summed E-state index contributed by atoms with van der Waals surface area (Å²) in [6.07, 6.45) is 12.2. The average molecular weight is 809 g/mol. The second-order valence-electron chi connectivity index (χ2n) is 14.5. The number of halogens is 1. The summed E-state index contributed by atoms with van der Waals surface area (Å²) in [7, 11) is 3.92. The van der Waals surface area contributed by atoms with Gasteiger partial charge in [-0.2, -0.15) is 0 Å². The lowest BCUT2D eigenvalue weighted by atomic mass is 9.85. The second kappa shape index (κ2) is 25.2. The van der Waals surface area contributed by atoms with Gasteiger partial charge in [0.1, 0.15) is 18.1 Å². The number of carbonyl (C=O) groups is 3. The number of ether oxygens (including phenoxy) is 2. The fourth-order valence-corrected chi connectivity index (χ4v) is 6.92. The lowest BCUT2D eigenvalue weighted by Gasteiger charge is -2.29. The number of hydrogen-bond acceptors (Lipinski definition) is 10. The van der Waals surface area contributed by atoms with Crippen molar-refractivity contribution in [2.24, 2.45) is 10.9 Å². The molecule has 2 aromatic carbocycles. The van der Waals surface area contributed by atoms with E-state index in [0.717, 1.165) is 54.8 Å². The SMILES string of the molecule is CN(C)c1ccc(/C=C2N=C(/C=C/c3ccc(N(CCO)CCO)cc3)N(CC(=O)N[C@H]3CC[C@H](C(=O)NCCOCCOCCCCCCCl)CC3)C\2=O)cc1. The smallest absolute Gasteiger partial charge is 0.278 e. The van der Waals surface area contributed by atoms with Crippen molar-refractivity contribution in [2.45, 2.75) is 57.4 Å². The third-order valence-corrected chi connectivity index (χ3v) is 10.2. The van der Waals surface area contributed by atoms with Crippen LogP contribution in [0.4, 0.5) is 11.4 Å². The van der Waals surface area contributed by atoms with Gasteiger partial charge >= 0.3 is 0 Å². The van der Waals surface area contributed by atoms with Gasteiger partial charge in [-0.05, 0) is 86.1 Å². The average Bonchev–Trinajstić information content (AvgIpc) is 3.50. The minimum Gasteiger partial charge on any atom is -0.395 e.